The molecule has 1 aromatic heterocycles. The van der Waals surface area contributed by atoms with Gasteiger partial charge in [-0.25, -0.2) is 4.98 Å². The third kappa shape index (κ3) is 3.26. The fourth-order valence-electron chi connectivity index (χ4n) is 2.86. The number of rotatable bonds is 4. The highest BCUT2D eigenvalue weighted by molar-refractivity contribution is 5.94. The van der Waals surface area contributed by atoms with Crippen molar-refractivity contribution in [1.82, 2.24) is 14.9 Å². The van der Waals surface area contributed by atoms with Crippen LogP contribution < -0.4 is 5.32 Å². The van der Waals surface area contributed by atoms with Crippen molar-refractivity contribution in [1.29, 1.82) is 0 Å². The van der Waals surface area contributed by atoms with Crippen LogP contribution in [0, 0.1) is 13.8 Å². The number of aromatic nitrogens is 2. The summed E-state index contributed by atoms with van der Waals surface area (Å²) in [5.41, 5.74) is 6.04. The summed E-state index contributed by atoms with van der Waals surface area (Å²) in [5.74, 6) is -0.0454. The monoisotopic (exact) mass is 307 g/mol. The number of benzene rings is 2. The van der Waals surface area contributed by atoms with Crippen molar-refractivity contribution in [2.24, 2.45) is 0 Å². The zero-order valence-electron chi connectivity index (χ0n) is 13.8. The van der Waals surface area contributed by atoms with Crippen LogP contribution in [0.4, 0.5) is 0 Å². The Morgan fingerprint density at radius 2 is 1.87 bits per heavy atom. The Labute approximate surface area is 136 Å². The first-order valence-corrected chi connectivity index (χ1v) is 7.87. The van der Waals surface area contributed by atoms with E-state index in [-0.39, 0.29) is 5.91 Å². The van der Waals surface area contributed by atoms with Gasteiger partial charge >= 0.3 is 0 Å². The summed E-state index contributed by atoms with van der Waals surface area (Å²) >= 11 is 0. The van der Waals surface area contributed by atoms with Gasteiger partial charge < -0.3 is 9.88 Å². The lowest BCUT2D eigenvalue weighted by Crippen LogP contribution is -2.22. The molecule has 0 aliphatic carbocycles. The van der Waals surface area contributed by atoms with Gasteiger partial charge in [-0.05, 0) is 50.6 Å². The van der Waals surface area contributed by atoms with Gasteiger partial charge in [0.2, 0.25) is 0 Å². The minimum atomic E-state index is -0.0454. The van der Waals surface area contributed by atoms with Gasteiger partial charge in [0.15, 0.2) is 0 Å². The number of amides is 1. The molecule has 0 unspecified atom stereocenters. The quantitative estimate of drug-likeness (QED) is 0.800. The Bertz CT molecular complexity index is 844. The summed E-state index contributed by atoms with van der Waals surface area (Å²) in [6.07, 6.45) is 1.85. The number of nitrogens with one attached hydrogen (secondary N) is 1. The molecule has 0 spiro atoms. The van der Waals surface area contributed by atoms with Gasteiger partial charge in [0.25, 0.3) is 5.91 Å². The van der Waals surface area contributed by atoms with Crippen LogP contribution in [0.25, 0.3) is 11.0 Å². The summed E-state index contributed by atoms with van der Waals surface area (Å²) in [7, 11) is 0. The number of carbonyl (C=O) groups excluding carboxylic acids is 1. The van der Waals surface area contributed by atoms with Crippen molar-refractivity contribution in [3.8, 4) is 0 Å². The molecule has 3 rings (SSSR count). The third-order valence-corrected chi connectivity index (χ3v) is 3.96. The van der Waals surface area contributed by atoms with Crippen LogP contribution in [0.5, 0.6) is 0 Å². The van der Waals surface area contributed by atoms with Gasteiger partial charge in [-0.3, -0.25) is 4.79 Å². The van der Waals surface area contributed by atoms with E-state index in [0.717, 1.165) is 34.3 Å². The summed E-state index contributed by atoms with van der Waals surface area (Å²) in [6.45, 7) is 7.50. The molecule has 0 saturated carbocycles. The van der Waals surface area contributed by atoms with Crippen molar-refractivity contribution in [2.75, 3.05) is 0 Å². The van der Waals surface area contributed by atoms with Crippen LogP contribution in [0.3, 0.4) is 0 Å². The highest BCUT2D eigenvalue weighted by atomic mass is 16.1. The van der Waals surface area contributed by atoms with E-state index in [9.17, 15) is 4.79 Å². The Morgan fingerprint density at radius 3 is 2.57 bits per heavy atom. The number of hydrogen-bond donors (Lipinski definition) is 1. The molecule has 2 aromatic carbocycles. The lowest BCUT2D eigenvalue weighted by molar-refractivity contribution is 0.0950. The first-order valence-electron chi connectivity index (χ1n) is 7.87. The molecule has 0 aliphatic rings. The Balaban J connectivity index is 1.73. The second-order valence-corrected chi connectivity index (χ2v) is 5.91. The minimum absolute atomic E-state index is 0.0454. The zero-order chi connectivity index (χ0) is 16.4. The van der Waals surface area contributed by atoms with Crippen LogP contribution in [0.15, 0.2) is 42.7 Å². The molecule has 0 saturated heterocycles. The van der Waals surface area contributed by atoms with Crippen molar-refractivity contribution in [3.63, 3.8) is 0 Å². The standard InChI is InChI=1S/C19H21N3O/c1-4-22-12-21-17-10-15(5-6-18(17)22)11-20-19(23)16-8-13(2)7-14(3)9-16/h5-10,12H,4,11H2,1-3H3,(H,20,23). The highest BCUT2D eigenvalue weighted by Crippen LogP contribution is 2.15. The van der Waals surface area contributed by atoms with Crippen molar-refractivity contribution >= 4 is 16.9 Å². The second-order valence-electron chi connectivity index (χ2n) is 5.91. The Morgan fingerprint density at radius 1 is 1.13 bits per heavy atom. The molecular weight excluding hydrogens is 286 g/mol. The lowest BCUT2D eigenvalue weighted by atomic mass is 10.1. The number of fused-ring (bicyclic) bond motifs is 1. The second kappa shape index (κ2) is 6.24. The van der Waals surface area contributed by atoms with Gasteiger partial charge in [-0.1, -0.05) is 23.3 Å². The van der Waals surface area contributed by atoms with Crippen LogP contribution in [0.1, 0.15) is 34.0 Å². The van der Waals surface area contributed by atoms with Crippen LogP contribution >= 0.6 is 0 Å². The van der Waals surface area contributed by atoms with Gasteiger partial charge in [0, 0.05) is 18.7 Å². The Hall–Kier alpha value is -2.62. The molecule has 0 atom stereocenters. The van der Waals surface area contributed by atoms with E-state index in [0.29, 0.717) is 12.1 Å². The topological polar surface area (TPSA) is 46.9 Å². The average molecular weight is 307 g/mol. The number of aryl methyl sites for hydroxylation is 3. The normalized spacial score (nSPS) is 10.9. The highest BCUT2D eigenvalue weighted by Gasteiger charge is 2.08. The summed E-state index contributed by atoms with van der Waals surface area (Å²) in [4.78, 5) is 16.7. The molecule has 1 amide bonds. The van der Waals surface area contributed by atoms with E-state index in [1.165, 1.54) is 0 Å². The molecular formula is C19H21N3O. The number of imidazole rings is 1. The molecule has 1 heterocycles. The van der Waals surface area contributed by atoms with Crippen LogP contribution in [-0.4, -0.2) is 15.5 Å². The van der Waals surface area contributed by atoms with Crippen molar-refractivity contribution < 1.29 is 4.79 Å². The molecule has 4 nitrogen and oxygen atoms in total. The van der Waals surface area contributed by atoms with Crippen LogP contribution in [0.2, 0.25) is 0 Å². The number of carbonyl (C=O) groups is 1. The van der Waals surface area contributed by atoms with E-state index in [1.54, 1.807) is 0 Å². The van der Waals surface area contributed by atoms with E-state index in [1.807, 2.05) is 44.4 Å². The van der Waals surface area contributed by atoms with Gasteiger partial charge in [-0.15, -0.1) is 0 Å². The van der Waals surface area contributed by atoms with E-state index < -0.39 is 0 Å². The molecule has 0 fully saturated rings. The van der Waals surface area contributed by atoms with E-state index >= 15 is 0 Å². The fraction of sp³-hybridized carbons (Fsp3) is 0.263. The number of nitrogens with zero attached hydrogens (tertiary/aromatic N) is 2. The Kier molecular flexibility index (Phi) is 4.15. The molecule has 0 radical (unpaired) electrons. The molecule has 3 aromatic rings. The van der Waals surface area contributed by atoms with Gasteiger partial charge in [0.1, 0.15) is 0 Å². The molecule has 0 bridgehead atoms. The molecule has 23 heavy (non-hydrogen) atoms. The van der Waals surface area contributed by atoms with Crippen molar-refractivity contribution in [2.45, 2.75) is 33.9 Å². The zero-order valence-corrected chi connectivity index (χ0v) is 13.8. The van der Waals surface area contributed by atoms with Gasteiger partial charge in [-0.2, -0.15) is 0 Å². The first-order chi connectivity index (χ1) is 11.1. The maximum Gasteiger partial charge on any atom is 0.251 e. The maximum atomic E-state index is 12.3. The first kappa shape index (κ1) is 15.3. The molecule has 4 heteroatoms. The summed E-state index contributed by atoms with van der Waals surface area (Å²) in [6, 6.07) is 12.0. The molecule has 0 aliphatic heterocycles. The van der Waals surface area contributed by atoms with Gasteiger partial charge in [0.05, 0.1) is 17.4 Å². The molecule has 118 valence electrons. The van der Waals surface area contributed by atoms with Crippen molar-refractivity contribution in [3.05, 3.63) is 65.0 Å². The predicted octanol–water partition coefficient (Wildman–Crippen LogP) is 3.60. The van der Waals surface area contributed by atoms with Crippen LogP contribution in [-0.2, 0) is 13.1 Å². The predicted molar refractivity (Wildman–Crippen MR) is 92.5 cm³/mol. The summed E-state index contributed by atoms with van der Waals surface area (Å²) < 4.78 is 2.10. The average Bonchev–Trinajstić information content (AvgIpc) is 2.93. The lowest BCUT2D eigenvalue weighted by Gasteiger charge is -2.08. The fourth-order valence-corrected chi connectivity index (χ4v) is 2.86. The minimum Gasteiger partial charge on any atom is -0.348 e. The summed E-state index contributed by atoms with van der Waals surface area (Å²) in [5, 5.41) is 2.98. The maximum absolute atomic E-state index is 12.3. The largest absolute Gasteiger partial charge is 0.348 e. The smallest absolute Gasteiger partial charge is 0.251 e. The SMILES string of the molecule is CCn1cnc2cc(CNC(=O)c3cc(C)cc(C)c3)ccc21. The van der Waals surface area contributed by atoms with E-state index in [4.69, 9.17) is 0 Å². The number of hydrogen-bond acceptors (Lipinski definition) is 2. The molecule has 1 N–H and O–H groups in total. The third-order valence-electron chi connectivity index (χ3n) is 3.96. The van der Waals surface area contributed by atoms with E-state index in [2.05, 4.69) is 33.9 Å².